The van der Waals surface area contributed by atoms with Crippen molar-refractivity contribution in [3.63, 3.8) is 0 Å². The number of rotatable bonds is 2. The van der Waals surface area contributed by atoms with Crippen molar-refractivity contribution in [1.82, 2.24) is 4.90 Å². The number of aliphatic hydroxyl groups excluding tert-OH is 1. The summed E-state index contributed by atoms with van der Waals surface area (Å²) >= 11 is 0. The van der Waals surface area contributed by atoms with Gasteiger partial charge in [-0.3, -0.25) is 0 Å². The molecule has 0 spiro atoms. The molecule has 120 valence electrons. The van der Waals surface area contributed by atoms with Crippen LogP contribution < -0.4 is 5.73 Å². The van der Waals surface area contributed by atoms with Crippen LogP contribution in [0.1, 0.15) is 12.8 Å². The van der Waals surface area contributed by atoms with Crippen LogP contribution in [0.3, 0.4) is 0 Å². The summed E-state index contributed by atoms with van der Waals surface area (Å²) in [5.74, 6) is 0.100. The highest BCUT2D eigenvalue weighted by Crippen LogP contribution is 2.31. The summed E-state index contributed by atoms with van der Waals surface area (Å²) in [6.07, 6.45) is 1.11. The highest BCUT2D eigenvalue weighted by Gasteiger charge is 2.18. The molecule has 0 aromatic heterocycles. The first-order valence-electron chi connectivity index (χ1n) is 7.75. The Labute approximate surface area is 135 Å². The lowest BCUT2D eigenvalue weighted by Gasteiger charge is -2.30. The third-order valence-electron chi connectivity index (χ3n) is 4.07. The number of aliphatic imine (C=N–C) groups is 1. The van der Waals surface area contributed by atoms with Gasteiger partial charge >= 0.3 is 0 Å². The van der Waals surface area contributed by atoms with Gasteiger partial charge in [-0.15, -0.1) is 0 Å². The number of guanidine groups is 1. The predicted octanol–water partition coefficient (Wildman–Crippen LogP) is 2.90. The fourth-order valence-corrected chi connectivity index (χ4v) is 2.74. The molecule has 1 heterocycles. The molecule has 0 unspecified atom stereocenters. The topological polar surface area (TPSA) is 61.8 Å². The number of hydrogen-bond acceptors (Lipinski definition) is 2. The molecule has 0 aliphatic carbocycles. The highest BCUT2D eigenvalue weighted by atomic mass is 19.1. The van der Waals surface area contributed by atoms with Gasteiger partial charge < -0.3 is 15.7 Å². The molecule has 0 radical (unpaired) electrons. The molecule has 1 aliphatic rings. The van der Waals surface area contributed by atoms with E-state index in [-0.39, 0.29) is 11.9 Å². The normalized spacial score (nSPS) is 16.6. The van der Waals surface area contributed by atoms with Gasteiger partial charge in [0, 0.05) is 18.7 Å². The number of nitrogens with two attached hydrogens (primary N) is 1. The van der Waals surface area contributed by atoms with Crippen LogP contribution in [0.25, 0.3) is 11.1 Å². The minimum Gasteiger partial charge on any atom is -0.393 e. The van der Waals surface area contributed by atoms with Crippen LogP contribution >= 0.6 is 0 Å². The Balaban J connectivity index is 1.92. The SMILES string of the molecule is NC(=Nc1ccc(F)cc1-c1ccccc1)N1CCC(O)CC1. The Bertz CT molecular complexity index is 695. The van der Waals surface area contributed by atoms with Gasteiger partial charge in [0.15, 0.2) is 5.96 Å². The third-order valence-corrected chi connectivity index (χ3v) is 4.07. The summed E-state index contributed by atoms with van der Waals surface area (Å²) in [5.41, 5.74) is 8.36. The number of aliphatic hydroxyl groups is 1. The van der Waals surface area contributed by atoms with Crippen LogP contribution in [-0.2, 0) is 0 Å². The maximum Gasteiger partial charge on any atom is 0.196 e. The zero-order valence-corrected chi connectivity index (χ0v) is 12.8. The molecular weight excluding hydrogens is 293 g/mol. The second kappa shape index (κ2) is 6.79. The van der Waals surface area contributed by atoms with Crippen molar-refractivity contribution in [2.24, 2.45) is 10.7 Å². The van der Waals surface area contributed by atoms with Gasteiger partial charge in [0.25, 0.3) is 0 Å². The minimum absolute atomic E-state index is 0.259. The van der Waals surface area contributed by atoms with E-state index in [2.05, 4.69) is 4.99 Å². The Morgan fingerprint density at radius 2 is 1.83 bits per heavy atom. The van der Waals surface area contributed by atoms with Crippen molar-refractivity contribution in [3.8, 4) is 11.1 Å². The van der Waals surface area contributed by atoms with Gasteiger partial charge in [-0.2, -0.15) is 0 Å². The molecule has 4 nitrogen and oxygen atoms in total. The Morgan fingerprint density at radius 3 is 2.52 bits per heavy atom. The second-order valence-electron chi connectivity index (χ2n) is 5.72. The molecule has 3 rings (SSSR count). The van der Waals surface area contributed by atoms with E-state index in [1.54, 1.807) is 6.07 Å². The summed E-state index contributed by atoms with van der Waals surface area (Å²) in [4.78, 5) is 6.45. The molecule has 1 fully saturated rings. The molecule has 0 bridgehead atoms. The van der Waals surface area contributed by atoms with Crippen LogP contribution in [0.5, 0.6) is 0 Å². The van der Waals surface area contributed by atoms with Crippen molar-refractivity contribution in [1.29, 1.82) is 0 Å². The number of piperidine rings is 1. The van der Waals surface area contributed by atoms with Crippen molar-refractivity contribution >= 4 is 11.6 Å². The molecule has 0 atom stereocenters. The van der Waals surface area contributed by atoms with Gasteiger partial charge in [0.1, 0.15) is 5.82 Å². The Hall–Kier alpha value is -2.40. The monoisotopic (exact) mass is 313 g/mol. The lowest BCUT2D eigenvalue weighted by atomic mass is 10.0. The lowest BCUT2D eigenvalue weighted by molar-refractivity contribution is 0.109. The van der Waals surface area contributed by atoms with Crippen molar-refractivity contribution in [2.75, 3.05) is 13.1 Å². The van der Waals surface area contributed by atoms with Gasteiger partial charge in [0.05, 0.1) is 11.8 Å². The number of hydrogen-bond donors (Lipinski definition) is 2. The maximum absolute atomic E-state index is 13.7. The summed E-state index contributed by atoms with van der Waals surface area (Å²) in [6, 6.07) is 14.1. The van der Waals surface area contributed by atoms with Crippen LogP contribution in [-0.4, -0.2) is 35.2 Å². The largest absolute Gasteiger partial charge is 0.393 e. The number of benzene rings is 2. The van der Waals surface area contributed by atoms with E-state index in [0.717, 1.165) is 5.56 Å². The van der Waals surface area contributed by atoms with Crippen molar-refractivity contribution in [2.45, 2.75) is 18.9 Å². The van der Waals surface area contributed by atoms with Crippen LogP contribution in [0.15, 0.2) is 53.5 Å². The average Bonchev–Trinajstić information content (AvgIpc) is 2.58. The molecule has 1 saturated heterocycles. The molecule has 0 amide bonds. The van der Waals surface area contributed by atoms with E-state index in [0.29, 0.717) is 43.1 Å². The summed E-state index contributed by atoms with van der Waals surface area (Å²) in [7, 11) is 0. The Kier molecular flexibility index (Phi) is 4.57. The standard InChI is InChI=1S/C18H20FN3O/c19-14-6-7-17(16(12-14)13-4-2-1-3-5-13)21-18(20)22-10-8-15(23)9-11-22/h1-7,12,15,23H,8-11H2,(H2,20,21). The maximum atomic E-state index is 13.7. The summed E-state index contributed by atoms with van der Waals surface area (Å²) < 4.78 is 13.7. The van der Waals surface area contributed by atoms with Crippen LogP contribution in [0.4, 0.5) is 10.1 Å². The van der Waals surface area contributed by atoms with E-state index in [9.17, 15) is 9.50 Å². The number of nitrogens with zero attached hydrogens (tertiary/aromatic N) is 2. The average molecular weight is 313 g/mol. The molecule has 3 N–H and O–H groups in total. The summed E-state index contributed by atoms with van der Waals surface area (Å²) in [6.45, 7) is 1.36. The zero-order chi connectivity index (χ0) is 16.2. The number of halogens is 1. The van der Waals surface area contributed by atoms with Crippen LogP contribution in [0, 0.1) is 5.82 Å². The van der Waals surface area contributed by atoms with E-state index in [1.807, 2.05) is 35.2 Å². The molecule has 1 aliphatic heterocycles. The Morgan fingerprint density at radius 1 is 1.13 bits per heavy atom. The predicted molar refractivity (Wildman–Crippen MR) is 89.9 cm³/mol. The van der Waals surface area contributed by atoms with E-state index in [4.69, 9.17) is 5.73 Å². The van der Waals surface area contributed by atoms with Gasteiger partial charge in [0.2, 0.25) is 0 Å². The first kappa shape index (κ1) is 15.5. The minimum atomic E-state index is -0.303. The second-order valence-corrected chi connectivity index (χ2v) is 5.72. The molecule has 2 aromatic carbocycles. The fraction of sp³-hybridized carbons (Fsp3) is 0.278. The smallest absolute Gasteiger partial charge is 0.196 e. The lowest BCUT2D eigenvalue weighted by Crippen LogP contribution is -2.43. The highest BCUT2D eigenvalue weighted by molar-refractivity contribution is 5.85. The quantitative estimate of drug-likeness (QED) is 0.662. The molecule has 2 aromatic rings. The number of likely N-dealkylation sites (tertiary alicyclic amines) is 1. The first-order valence-corrected chi connectivity index (χ1v) is 7.75. The van der Waals surface area contributed by atoms with Gasteiger partial charge in [-0.1, -0.05) is 30.3 Å². The molecule has 5 heteroatoms. The fourth-order valence-electron chi connectivity index (χ4n) is 2.74. The first-order chi connectivity index (χ1) is 11.1. The molecular formula is C18H20FN3O. The van der Waals surface area contributed by atoms with Gasteiger partial charge in [-0.05, 0) is 36.6 Å². The van der Waals surface area contributed by atoms with Crippen LogP contribution in [0.2, 0.25) is 0 Å². The van der Waals surface area contributed by atoms with Crippen molar-refractivity contribution < 1.29 is 9.50 Å². The third kappa shape index (κ3) is 3.68. The summed E-state index contributed by atoms with van der Waals surface area (Å²) in [5, 5.41) is 9.57. The van der Waals surface area contributed by atoms with E-state index >= 15 is 0 Å². The van der Waals surface area contributed by atoms with Crippen molar-refractivity contribution in [3.05, 3.63) is 54.3 Å². The molecule has 0 saturated carbocycles. The zero-order valence-electron chi connectivity index (χ0n) is 12.8. The molecule has 23 heavy (non-hydrogen) atoms. The van der Waals surface area contributed by atoms with Gasteiger partial charge in [-0.25, -0.2) is 9.38 Å². The van der Waals surface area contributed by atoms with E-state index in [1.165, 1.54) is 12.1 Å². The van der Waals surface area contributed by atoms with E-state index < -0.39 is 0 Å².